The van der Waals surface area contributed by atoms with Gasteiger partial charge in [0.05, 0.1) is 11.8 Å². The van der Waals surface area contributed by atoms with Crippen LogP contribution in [-0.4, -0.2) is 15.5 Å². The molecule has 4 aromatic rings. The molecule has 0 aliphatic carbocycles. The Bertz CT molecular complexity index is 1180. The first-order valence-electron chi connectivity index (χ1n) is 8.47. The van der Waals surface area contributed by atoms with Crippen LogP contribution < -0.4 is 10.3 Å². The predicted octanol–water partition coefficient (Wildman–Crippen LogP) is 3.91. The number of aromatic nitrogens is 2. The number of nitrogens with zero attached hydrogens (tertiary/aromatic N) is 2. The number of rotatable bonds is 3. The molecule has 2 heterocycles. The number of hydrogen-bond donors (Lipinski definition) is 0. The third-order valence-electron chi connectivity index (χ3n) is 4.30. The molecule has 2 aromatic carbocycles. The third kappa shape index (κ3) is 3.22. The van der Waals surface area contributed by atoms with Crippen molar-refractivity contribution in [2.24, 2.45) is 0 Å². The van der Waals surface area contributed by atoms with Crippen LogP contribution in [0.25, 0.3) is 16.5 Å². The van der Waals surface area contributed by atoms with Crippen molar-refractivity contribution in [2.75, 3.05) is 0 Å². The molecule has 27 heavy (non-hydrogen) atoms. The summed E-state index contributed by atoms with van der Waals surface area (Å²) >= 11 is 0. The van der Waals surface area contributed by atoms with Crippen molar-refractivity contribution in [1.82, 2.24) is 9.55 Å². The largest absolute Gasteiger partial charge is 0.421 e. The van der Waals surface area contributed by atoms with Gasteiger partial charge in [0.15, 0.2) is 0 Å². The van der Waals surface area contributed by atoms with Crippen molar-refractivity contribution < 1.29 is 9.53 Å². The third-order valence-corrected chi connectivity index (χ3v) is 4.30. The second kappa shape index (κ2) is 6.88. The molecule has 0 N–H and O–H groups in total. The summed E-state index contributed by atoms with van der Waals surface area (Å²) in [5.74, 6) is -0.195. The van der Waals surface area contributed by atoms with E-state index in [1.54, 1.807) is 42.6 Å². The molecule has 0 spiro atoms. The van der Waals surface area contributed by atoms with Gasteiger partial charge in [-0.05, 0) is 37.3 Å². The van der Waals surface area contributed by atoms with E-state index >= 15 is 0 Å². The summed E-state index contributed by atoms with van der Waals surface area (Å²) in [5.41, 5.74) is 1.90. The van der Waals surface area contributed by atoms with E-state index < -0.39 is 5.97 Å². The Morgan fingerprint density at radius 3 is 2.41 bits per heavy atom. The molecule has 0 amide bonds. The number of carbonyl (C=O) groups excluding carboxylic acids is 1. The molecule has 0 saturated carbocycles. The molecule has 0 atom stereocenters. The number of pyridine rings is 2. The molecule has 0 saturated heterocycles. The minimum absolute atomic E-state index is 0.188. The molecule has 0 aliphatic heterocycles. The van der Waals surface area contributed by atoms with Crippen LogP contribution in [0.15, 0.2) is 84.0 Å². The highest BCUT2D eigenvalue weighted by Crippen LogP contribution is 2.20. The molecule has 5 nitrogen and oxygen atoms in total. The maximum Gasteiger partial charge on any atom is 0.345 e. The molecule has 0 fully saturated rings. The summed E-state index contributed by atoms with van der Waals surface area (Å²) < 4.78 is 6.92. The second-order valence-corrected chi connectivity index (χ2v) is 6.18. The Morgan fingerprint density at radius 1 is 0.963 bits per heavy atom. The van der Waals surface area contributed by atoms with Crippen molar-refractivity contribution in [3.05, 3.63) is 101 Å². The summed E-state index contributed by atoms with van der Waals surface area (Å²) in [4.78, 5) is 29.7. The van der Waals surface area contributed by atoms with Crippen molar-refractivity contribution >= 4 is 16.7 Å². The second-order valence-electron chi connectivity index (χ2n) is 6.18. The van der Waals surface area contributed by atoms with Gasteiger partial charge in [-0.15, -0.1) is 0 Å². The van der Waals surface area contributed by atoms with Gasteiger partial charge < -0.3 is 4.74 Å². The lowest BCUT2D eigenvalue weighted by Gasteiger charge is -2.12. The van der Waals surface area contributed by atoms with Crippen LogP contribution >= 0.6 is 0 Å². The Morgan fingerprint density at radius 2 is 1.70 bits per heavy atom. The zero-order valence-corrected chi connectivity index (χ0v) is 14.6. The summed E-state index contributed by atoms with van der Waals surface area (Å²) in [6, 6.07) is 17.9. The Labute approximate surface area is 155 Å². The van der Waals surface area contributed by atoms with Gasteiger partial charge in [-0.2, -0.15) is 0 Å². The normalized spacial score (nSPS) is 10.7. The van der Waals surface area contributed by atoms with E-state index in [9.17, 15) is 9.59 Å². The number of ether oxygens (including phenoxy) is 1. The Kier molecular flexibility index (Phi) is 4.26. The highest BCUT2D eigenvalue weighted by Gasteiger charge is 2.17. The van der Waals surface area contributed by atoms with Gasteiger partial charge in [0, 0.05) is 28.9 Å². The van der Waals surface area contributed by atoms with Gasteiger partial charge in [-0.3, -0.25) is 14.3 Å². The first kappa shape index (κ1) is 16.7. The monoisotopic (exact) mass is 356 g/mol. The molecule has 0 radical (unpaired) electrons. The van der Waals surface area contributed by atoms with Crippen molar-refractivity contribution in [2.45, 2.75) is 6.92 Å². The Balaban J connectivity index is 1.89. The first-order chi connectivity index (χ1) is 13.1. The summed E-state index contributed by atoms with van der Waals surface area (Å²) in [6.07, 6.45) is 4.61. The van der Waals surface area contributed by atoms with E-state index in [2.05, 4.69) is 4.98 Å². The van der Waals surface area contributed by atoms with E-state index in [-0.39, 0.29) is 5.56 Å². The first-order valence-corrected chi connectivity index (χ1v) is 8.47. The molecule has 0 aliphatic rings. The zero-order valence-electron chi connectivity index (χ0n) is 14.6. The fourth-order valence-corrected chi connectivity index (χ4v) is 2.92. The van der Waals surface area contributed by atoms with E-state index in [1.807, 2.05) is 31.2 Å². The van der Waals surface area contributed by atoms with Crippen LogP contribution in [-0.2, 0) is 0 Å². The quantitative estimate of drug-likeness (QED) is 0.522. The van der Waals surface area contributed by atoms with Crippen LogP contribution in [0.5, 0.6) is 5.75 Å². The summed E-state index contributed by atoms with van der Waals surface area (Å²) in [6.45, 7) is 1.98. The highest BCUT2D eigenvalue weighted by atomic mass is 16.5. The van der Waals surface area contributed by atoms with Gasteiger partial charge >= 0.3 is 5.97 Å². The van der Waals surface area contributed by atoms with Crippen molar-refractivity contribution in [1.29, 1.82) is 0 Å². The average molecular weight is 356 g/mol. The fraction of sp³-hybridized carbons (Fsp3) is 0.0455. The number of fused-ring (bicyclic) bond motifs is 1. The standard InChI is InChI=1S/C22H16N2O3/c1-15-8-10-16(11-9-15)24-14-20(18-6-2-3-7-19(18)21(24)25)22(26)27-17-5-4-12-23-13-17/h2-14H,1H3. The maximum atomic E-state index is 12.9. The topological polar surface area (TPSA) is 61.2 Å². The molecule has 2 aromatic heterocycles. The van der Waals surface area contributed by atoms with Crippen LogP contribution in [0.2, 0.25) is 0 Å². The van der Waals surface area contributed by atoms with E-state index in [0.29, 0.717) is 27.8 Å². The molecule has 4 rings (SSSR count). The SMILES string of the molecule is Cc1ccc(-n2cc(C(=O)Oc3cccnc3)c3ccccc3c2=O)cc1. The lowest BCUT2D eigenvalue weighted by Crippen LogP contribution is -2.22. The maximum absolute atomic E-state index is 12.9. The number of benzene rings is 2. The molecule has 0 unspecified atom stereocenters. The highest BCUT2D eigenvalue weighted by molar-refractivity contribution is 6.04. The predicted molar refractivity (Wildman–Crippen MR) is 103 cm³/mol. The fourth-order valence-electron chi connectivity index (χ4n) is 2.92. The molecule has 5 heteroatoms. The van der Waals surface area contributed by atoms with Crippen molar-refractivity contribution in [3.8, 4) is 11.4 Å². The van der Waals surface area contributed by atoms with Gasteiger partial charge in [-0.1, -0.05) is 35.9 Å². The molecular formula is C22H16N2O3. The van der Waals surface area contributed by atoms with Gasteiger partial charge in [-0.25, -0.2) is 4.79 Å². The number of hydrogen-bond acceptors (Lipinski definition) is 4. The number of esters is 1. The smallest absolute Gasteiger partial charge is 0.345 e. The zero-order chi connectivity index (χ0) is 18.8. The van der Waals surface area contributed by atoms with E-state index in [4.69, 9.17) is 4.74 Å². The van der Waals surface area contributed by atoms with Crippen LogP contribution in [0.3, 0.4) is 0 Å². The Hall–Kier alpha value is -3.73. The van der Waals surface area contributed by atoms with Crippen LogP contribution in [0.1, 0.15) is 15.9 Å². The van der Waals surface area contributed by atoms with Crippen molar-refractivity contribution in [3.63, 3.8) is 0 Å². The van der Waals surface area contributed by atoms with Gasteiger partial charge in [0.1, 0.15) is 5.75 Å². The summed E-state index contributed by atoms with van der Waals surface area (Å²) in [5, 5.41) is 1.01. The summed E-state index contributed by atoms with van der Waals surface area (Å²) in [7, 11) is 0. The average Bonchev–Trinajstić information content (AvgIpc) is 2.70. The minimum Gasteiger partial charge on any atom is -0.421 e. The lowest BCUT2D eigenvalue weighted by molar-refractivity contribution is 0.0735. The number of carbonyl (C=O) groups is 1. The number of aryl methyl sites for hydroxylation is 1. The van der Waals surface area contributed by atoms with Gasteiger partial charge in [0.25, 0.3) is 5.56 Å². The minimum atomic E-state index is -0.542. The van der Waals surface area contributed by atoms with E-state index in [0.717, 1.165) is 5.56 Å². The molecular weight excluding hydrogens is 340 g/mol. The van der Waals surface area contributed by atoms with Gasteiger partial charge in [0.2, 0.25) is 0 Å². The van der Waals surface area contributed by atoms with Crippen LogP contribution in [0, 0.1) is 6.92 Å². The molecule has 132 valence electrons. The lowest BCUT2D eigenvalue weighted by atomic mass is 10.1. The van der Waals surface area contributed by atoms with Crippen LogP contribution in [0.4, 0.5) is 0 Å². The van der Waals surface area contributed by atoms with E-state index in [1.165, 1.54) is 17.0 Å². The molecule has 0 bridgehead atoms.